The van der Waals surface area contributed by atoms with Gasteiger partial charge in [0.1, 0.15) is 0 Å². The Hall–Kier alpha value is -0.470. The van der Waals surface area contributed by atoms with Crippen LogP contribution in [0.4, 0.5) is 34.7 Å². The van der Waals surface area contributed by atoms with Gasteiger partial charge in [-0.3, -0.25) is 0 Å². The molecule has 0 rings (SSSR count). The van der Waals surface area contributed by atoms with E-state index in [2.05, 4.69) is 0 Å². The van der Waals surface area contributed by atoms with Crippen LogP contribution in [-0.2, 0) is 20.0 Å². The first-order valence-electron chi connectivity index (χ1n) is 3.36. The highest BCUT2D eigenvalue weighted by Gasteiger charge is 2.52. The Morgan fingerprint density at radius 3 is 1.47 bits per heavy atom. The molecule has 116 valence electrons. The van der Waals surface area contributed by atoms with Crippen molar-refractivity contribution in [1.29, 1.82) is 0 Å². The first-order chi connectivity index (χ1) is 7.91. The Balaban J connectivity index is 5.71. The van der Waals surface area contributed by atoms with Gasteiger partial charge in [0, 0.05) is 0 Å². The van der Waals surface area contributed by atoms with Crippen molar-refractivity contribution in [2.75, 3.05) is 0 Å². The largest absolute Gasteiger partial charge is 0.518 e. The van der Waals surface area contributed by atoms with Crippen molar-refractivity contribution in [3.63, 3.8) is 0 Å². The minimum absolute atomic E-state index is 0.520. The first-order valence-corrected chi connectivity index (χ1v) is 7.80. The van der Waals surface area contributed by atoms with Crippen LogP contribution in [-0.4, -0.2) is 27.9 Å². The van der Waals surface area contributed by atoms with Crippen LogP contribution in [0.3, 0.4) is 0 Å². The third-order valence-corrected chi connectivity index (χ3v) is 5.75. The fraction of sp³-hybridized carbons (Fsp3) is 1.00. The molecule has 19 heavy (non-hydrogen) atoms. The summed E-state index contributed by atoms with van der Waals surface area (Å²) in [7, 11) is -20.7. The highest BCUT2D eigenvalue weighted by molar-refractivity contribution is 7.98. The van der Waals surface area contributed by atoms with Crippen LogP contribution in [0.15, 0.2) is 4.15 Å². The number of halogens is 8. The zero-order chi connectivity index (χ0) is 15.9. The quantitative estimate of drug-likeness (QED) is 0.614. The van der Waals surface area contributed by atoms with Crippen LogP contribution in [0.5, 0.6) is 0 Å². The summed E-state index contributed by atoms with van der Waals surface area (Å²) in [5.74, 6) is 0. The Morgan fingerprint density at radius 1 is 0.842 bits per heavy atom. The maximum absolute atomic E-state index is 12.6. The van der Waals surface area contributed by atoms with E-state index < -0.39 is 43.4 Å². The van der Waals surface area contributed by atoms with Crippen molar-refractivity contribution in [2.24, 2.45) is 4.15 Å². The monoisotopic (exact) mass is 364 g/mol. The molecule has 0 aromatic carbocycles. The summed E-state index contributed by atoms with van der Waals surface area (Å²) >= 11 is 0. The average Bonchev–Trinajstić information content (AvgIpc) is 1.93. The second kappa shape index (κ2) is 4.82. The molecule has 0 heterocycles. The Bertz CT molecular complexity index is 594. The molecule has 0 aliphatic rings. The fourth-order valence-electron chi connectivity index (χ4n) is 0.394. The van der Waals surface area contributed by atoms with Gasteiger partial charge in [0.15, 0.2) is 0 Å². The molecule has 0 saturated heterocycles. The van der Waals surface area contributed by atoms with Crippen molar-refractivity contribution in [2.45, 2.75) is 11.0 Å². The summed E-state index contributed by atoms with van der Waals surface area (Å²) in [6, 6.07) is 0. The third-order valence-electron chi connectivity index (χ3n) is 1.04. The molecule has 0 fully saturated rings. The van der Waals surface area contributed by atoms with E-state index >= 15 is 0 Å². The van der Waals surface area contributed by atoms with Crippen LogP contribution in [0.25, 0.3) is 0 Å². The fourth-order valence-corrected chi connectivity index (χ4v) is 3.85. The summed E-state index contributed by atoms with van der Waals surface area (Å²) in [4.78, 5) is 0. The first kappa shape index (κ1) is 18.5. The maximum atomic E-state index is 12.6. The van der Waals surface area contributed by atoms with Crippen molar-refractivity contribution in [3.8, 4) is 0 Å². The van der Waals surface area contributed by atoms with E-state index in [-0.39, 0.29) is 0 Å². The van der Waals surface area contributed by atoms with Crippen molar-refractivity contribution in [3.05, 3.63) is 0 Å². The number of alkyl halides is 6. The highest BCUT2D eigenvalue weighted by atomic mass is 32.2. The molecular weight excluding hydrogens is 363 g/mol. The van der Waals surface area contributed by atoms with E-state index in [1.807, 2.05) is 0 Å². The van der Waals surface area contributed by atoms with E-state index in [4.69, 9.17) is 0 Å². The highest BCUT2D eigenvalue weighted by Crippen LogP contribution is 2.53. The number of hydrogen-bond acceptors (Lipinski definition) is 4. The lowest BCUT2D eigenvalue weighted by atomic mass is 11.6. The molecule has 0 amide bonds. The molecule has 0 unspecified atom stereocenters. The van der Waals surface area contributed by atoms with E-state index in [0.717, 1.165) is 4.15 Å². The Morgan fingerprint density at radius 2 is 1.21 bits per heavy atom. The van der Waals surface area contributed by atoms with Crippen LogP contribution in [0.1, 0.15) is 0 Å². The second-order valence-electron chi connectivity index (χ2n) is 2.53. The second-order valence-corrected chi connectivity index (χ2v) is 7.76. The summed E-state index contributed by atoms with van der Waals surface area (Å²) in [5, 5.41) is 0. The zero-order valence-electron chi connectivity index (χ0n) is 7.87. The molecule has 0 saturated carbocycles. The summed E-state index contributed by atoms with van der Waals surface area (Å²) in [6.45, 7) is 0. The molecule has 0 atom stereocenters. The van der Waals surface area contributed by atoms with Gasteiger partial charge in [0.25, 0.3) is 0 Å². The van der Waals surface area contributed by atoms with E-state index in [9.17, 15) is 51.6 Å². The topological polar surface area (TPSA) is 92.7 Å². The molecular formula is C2HF8N2O4PS2. The zero-order valence-corrected chi connectivity index (χ0v) is 10.4. The number of sulfonamides is 2. The van der Waals surface area contributed by atoms with Crippen LogP contribution < -0.4 is 4.49 Å². The number of rotatable bonds is 3. The van der Waals surface area contributed by atoms with Gasteiger partial charge < -0.3 is 0 Å². The van der Waals surface area contributed by atoms with Gasteiger partial charge >= 0.3 is 38.9 Å². The summed E-state index contributed by atoms with van der Waals surface area (Å²) in [6.07, 6.45) is 0. The van der Waals surface area contributed by atoms with Gasteiger partial charge in [-0.05, 0) is 0 Å². The molecule has 6 nitrogen and oxygen atoms in total. The predicted octanol–water partition coefficient (Wildman–Crippen LogP) is 2.16. The molecule has 0 aliphatic heterocycles. The van der Waals surface area contributed by atoms with Gasteiger partial charge in [-0.25, -0.2) is 8.42 Å². The van der Waals surface area contributed by atoms with Gasteiger partial charge in [-0.1, -0.05) is 4.15 Å². The summed E-state index contributed by atoms with van der Waals surface area (Å²) in [5.41, 5.74) is -12.6. The van der Waals surface area contributed by atoms with Crippen molar-refractivity contribution in [1.82, 2.24) is 4.49 Å². The lowest BCUT2D eigenvalue weighted by molar-refractivity contribution is -0.0443. The molecule has 0 aromatic rings. The van der Waals surface area contributed by atoms with Crippen LogP contribution >= 0.6 is 7.83 Å². The lowest BCUT2D eigenvalue weighted by Gasteiger charge is -2.11. The van der Waals surface area contributed by atoms with Gasteiger partial charge in [0.2, 0.25) is 0 Å². The molecule has 17 heteroatoms. The van der Waals surface area contributed by atoms with E-state index in [0.29, 0.717) is 0 Å². The molecule has 0 aromatic heterocycles. The third kappa shape index (κ3) is 4.85. The average molecular weight is 364 g/mol. The van der Waals surface area contributed by atoms with Gasteiger partial charge in [-0.15, -0.1) is 4.49 Å². The molecule has 0 bridgehead atoms. The molecule has 0 aliphatic carbocycles. The number of hydrogen-bond donors (Lipinski definition) is 1. The number of nitrogens with zero attached hydrogens (tertiary/aromatic N) is 1. The van der Waals surface area contributed by atoms with Crippen LogP contribution in [0.2, 0.25) is 0 Å². The predicted molar refractivity (Wildman–Crippen MR) is 44.6 cm³/mol. The maximum Gasteiger partial charge on any atom is 0.518 e. The SMILES string of the molecule is O=S(=O)(N=P(F)(F)NS(=O)(=O)C(F)(F)F)C(F)(F)F. The standard InChI is InChI=1S/C2HF8N2O4PS2/c3-1(4,5)18(13,14)11-17(9,10)12-19(15,16)2(6,7)8/h11H. The van der Waals surface area contributed by atoms with Gasteiger partial charge in [0.05, 0.1) is 0 Å². The minimum Gasteiger partial charge on any atom is -0.202 e. The molecule has 0 spiro atoms. The molecule has 1 N–H and O–H groups in total. The van der Waals surface area contributed by atoms with Crippen molar-refractivity contribution < 1.29 is 51.6 Å². The number of nitrogens with one attached hydrogen (secondary N) is 1. The lowest BCUT2D eigenvalue weighted by Crippen LogP contribution is -2.33. The molecule has 0 radical (unpaired) electrons. The van der Waals surface area contributed by atoms with E-state index in [1.165, 1.54) is 0 Å². The Kier molecular flexibility index (Phi) is 4.70. The van der Waals surface area contributed by atoms with E-state index in [1.54, 1.807) is 0 Å². The Labute approximate surface area is 99.8 Å². The summed E-state index contributed by atoms with van der Waals surface area (Å²) < 4.78 is 136. The normalized spacial score (nSPS) is 15.4. The van der Waals surface area contributed by atoms with Crippen molar-refractivity contribution >= 4 is 27.9 Å². The smallest absolute Gasteiger partial charge is 0.202 e. The van der Waals surface area contributed by atoms with Gasteiger partial charge in [-0.2, -0.15) is 43.2 Å². The van der Waals surface area contributed by atoms with Crippen LogP contribution in [0, 0.1) is 0 Å². The minimum atomic E-state index is -7.12.